The van der Waals surface area contributed by atoms with E-state index in [1.165, 1.54) is 0 Å². The Bertz CT molecular complexity index is 769. The molecule has 3 heterocycles. The van der Waals surface area contributed by atoms with E-state index < -0.39 is 9.84 Å². The van der Waals surface area contributed by atoms with Crippen LogP contribution in [0.3, 0.4) is 0 Å². The zero-order valence-corrected chi connectivity index (χ0v) is 12.8. The number of aromatic nitrogens is 4. The maximum atomic E-state index is 11.5. The van der Waals surface area contributed by atoms with Gasteiger partial charge in [-0.3, -0.25) is 4.90 Å². The second-order valence-corrected chi connectivity index (χ2v) is 7.30. The Labute approximate surface area is 123 Å². The molecule has 2 aromatic rings. The molecule has 0 saturated carbocycles. The van der Waals surface area contributed by atoms with Gasteiger partial charge in [-0.25, -0.2) is 23.4 Å². The molecule has 0 fully saturated rings. The predicted octanol–water partition coefficient (Wildman–Crippen LogP) is 0.172. The van der Waals surface area contributed by atoms with Gasteiger partial charge < -0.3 is 4.57 Å². The third-order valence-corrected chi connectivity index (χ3v) is 4.33. The van der Waals surface area contributed by atoms with Gasteiger partial charge in [-0.2, -0.15) is 0 Å². The van der Waals surface area contributed by atoms with Crippen LogP contribution in [0, 0.1) is 0 Å². The molecule has 0 unspecified atom stereocenters. The summed E-state index contributed by atoms with van der Waals surface area (Å²) < 4.78 is 24.9. The SMILES string of the molecule is Cn1cnc(CN2CCc3nc(S(C)(=O)=O)ncc3C2)c1. The van der Waals surface area contributed by atoms with Gasteiger partial charge >= 0.3 is 0 Å². The van der Waals surface area contributed by atoms with Gasteiger partial charge in [0.25, 0.3) is 0 Å². The van der Waals surface area contributed by atoms with E-state index in [1.54, 1.807) is 12.5 Å². The smallest absolute Gasteiger partial charge is 0.246 e. The predicted molar refractivity (Wildman–Crippen MR) is 76.2 cm³/mol. The van der Waals surface area contributed by atoms with Gasteiger partial charge in [-0.1, -0.05) is 0 Å². The third kappa shape index (κ3) is 3.11. The lowest BCUT2D eigenvalue weighted by Crippen LogP contribution is -2.31. The van der Waals surface area contributed by atoms with Crippen LogP contribution in [0.15, 0.2) is 23.9 Å². The molecule has 0 spiro atoms. The molecule has 0 N–H and O–H groups in total. The fourth-order valence-electron chi connectivity index (χ4n) is 2.45. The highest BCUT2D eigenvalue weighted by molar-refractivity contribution is 7.90. The monoisotopic (exact) mass is 307 g/mol. The summed E-state index contributed by atoms with van der Waals surface area (Å²) in [5, 5.41) is -0.0839. The average Bonchev–Trinajstić information content (AvgIpc) is 2.82. The molecule has 1 aliphatic rings. The lowest BCUT2D eigenvalue weighted by molar-refractivity contribution is 0.239. The van der Waals surface area contributed by atoms with Gasteiger partial charge in [-0.15, -0.1) is 0 Å². The first-order valence-corrected chi connectivity index (χ1v) is 8.55. The van der Waals surface area contributed by atoms with Crippen LogP contribution in [0.1, 0.15) is 17.0 Å². The number of fused-ring (bicyclic) bond motifs is 1. The Hall–Kier alpha value is -1.80. The van der Waals surface area contributed by atoms with Crippen molar-refractivity contribution in [1.82, 2.24) is 24.4 Å². The number of sulfone groups is 1. The number of hydrogen-bond donors (Lipinski definition) is 0. The second kappa shape index (κ2) is 5.19. The lowest BCUT2D eigenvalue weighted by Gasteiger charge is -2.27. The number of hydrogen-bond acceptors (Lipinski definition) is 6. The fourth-order valence-corrected chi connectivity index (χ4v) is 2.97. The average molecular weight is 307 g/mol. The minimum absolute atomic E-state index is 0.0839. The van der Waals surface area contributed by atoms with Crippen LogP contribution in [0.5, 0.6) is 0 Å². The highest BCUT2D eigenvalue weighted by atomic mass is 32.2. The van der Waals surface area contributed by atoms with Crippen LogP contribution in [0.25, 0.3) is 0 Å². The van der Waals surface area contributed by atoms with Crippen LogP contribution in [-0.2, 0) is 36.4 Å². The van der Waals surface area contributed by atoms with E-state index in [1.807, 2.05) is 17.8 Å². The van der Waals surface area contributed by atoms with E-state index in [0.717, 1.165) is 49.3 Å². The number of aryl methyl sites for hydroxylation is 1. The zero-order chi connectivity index (χ0) is 15.0. The molecule has 0 saturated heterocycles. The van der Waals surface area contributed by atoms with Crippen LogP contribution in [0.2, 0.25) is 0 Å². The van der Waals surface area contributed by atoms with Gasteiger partial charge in [0.15, 0.2) is 0 Å². The van der Waals surface area contributed by atoms with Crippen molar-refractivity contribution in [3.63, 3.8) is 0 Å². The van der Waals surface area contributed by atoms with Crippen LogP contribution < -0.4 is 0 Å². The van der Waals surface area contributed by atoms with Crippen molar-refractivity contribution in [3.8, 4) is 0 Å². The molecular weight excluding hydrogens is 290 g/mol. The Kier molecular flexibility index (Phi) is 3.50. The molecule has 0 atom stereocenters. The van der Waals surface area contributed by atoms with E-state index in [-0.39, 0.29) is 5.16 Å². The molecule has 7 nitrogen and oxygen atoms in total. The number of rotatable bonds is 3. The van der Waals surface area contributed by atoms with Crippen LogP contribution in [-0.4, -0.2) is 45.6 Å². The summed E-state index contributed by atoms with van der Waals surface area (Å²) in [4.78, 5) is 14.7. The van der Waals surface area contributed by atoms with Crippen molar-refractivity contribution >= 4 is 9.84 Å². The number of nitrogens with zero attached hydrogens (tertiary/aromatic N) is 5. The summed E-state index contributed by atoms with van der Waals surface area (Å²) in [5.74, 6) is 0. The van der Waals surface area contributed by atoms with E-state index in [4.69, 9.17) is 0 Å². The molecule has 2 aromatic heterocycles. The van der Waals surface area contributed by atoms with Crippen molar-refractivity contribution in [2.75, 3.05) is 12.8 Å². The molecule has 112 valence electrons. The van der Waals surface area contributed by atoms with Gasteiger partial charge in [0.1, 0.15) is 0 Å². The van der Waals surface area contributed by atoms with E-state index in [0.29, 0.717) is 0 Å². The van der Waals surface area contributed by atoms with Crippen LogP contribution >= 0.6 is 0 Å². The standard InChI is InChI=1S/C13H17N5O2S/c1-17-7-11(15-9-17)8-18-4-3-12-10(6-18)5-14-13(16-12)21(2,19)20/h5,7,9H,3-4,6,8H2,1-2H3. The van der Waals surface area contributed by atoms with Crippen molar-refractivity contribution in [2.45, 2.75) is 24.7 Å². The minimum atomic E-state index is -3.34. The highest BCUT2D eigenvalue weighted by Crippen LogP contribution is 2.19. The number of imidazole rings is 1. The molecule has 0 aliphatic carbocycles. The van der Waals surface area contributed by atoms with Crippen molar-refractivity contribution in [1.29, 1.82) is 0 Å². The first kappa shape index (κ1) is 14.2. The molecule has 1 aliphatic heterocycles. The Balaban J connectivity index is 1.77. The summed E-state index contributed by atoms with van der Waals surface area (Å²) in [6, 6.07) is 0. The molecule has 0 aromatic carbocycles. The molecule has 8 heteroatoms. The normalized spacial score (nSPS) is 15.9. The minimum Gasteiger partial charge on any atom is -0.340 e. The summed E-state index contributed by atoms with van der Waals surface area (Å²) in [6.45, 7) is 2.33. The fraction of sp³-hybridized carbons (Fsp3) is 0.462. The van der Waals surface area contributed by atoms with Crippen molar-refractivity contribution < 1.29 is 8.42 Å². The first-order valence-electron chi connectivity index (χ1n) is 6.66. The Morgan fingerprint density at radius 2 is 2.14 bits per heavy atom. The quantitative estimate of drug-likeness (QED) is 0.752. The van der Waals surface area contributed by atoms with Crippen LogP contribution in [0.4, 0.5) is 0 Å². The maximum absolute atomic E-state index is 11.5. The van der Waals surface area contributed by atoms with Gasteiger partial charge in [-0.05, 0) is 0 Å². The van der Waals surface area contributed by atoms with Crippen molar-refractivity contribution in [2.24, 2.45) is 7.05 Å². The Morgan fingerprint density at radius 3 is 2.81 bits per heavy atom. The van der Waals surface area contributed by atoms with E-state index in [2.05, 4.69) is 19.9 Å². The van der Waals surface area contributed by atoms with Gasteiger partial charge in [0, 0.05) is 57.3 Å². The largest absolute Gasteiger partial charge is 0.340 e. The summed E-state index contributed by atoms with van der Waals surface area (Å²) in [7, 11) is -1.40. The van der Waals surface area contributed by atoms with E-state index in [9.17, 15) is 8.42 Å². The van der Waals surface area contributed by atoms with Crippen molar-refractivity contribution in [3.05, 3.63) is 35.7 Å². The van der Waals surface area contributed by atoms with Gasteiger partial charge in [0.2, 0.25) is 15.0 Å². The van der Waals surface area contributed by atoms with E-state index >= 15 is 0 Å². The molecule has 3 rings (SSSR count). The highest BCUT2D eigenvalue weighted by Gasteiger charge is 2.21. The third-order valence-electron chi connectivity index (χ3n) is 3.47. The summed E-state index contributed by atoms with van der Waals surface area (Å²) >= 11 is 0. The molecule has 0 radical (unpaired) electrons. The summed E-state index contributed by atoms with van der Waals surface area (Å²) in [6.07, 6.45) is 7.27. The van der Waals surface area contributed by atoms with Gasteiger partial charge in [0.05, 0.1) is 17.7 Å². The molecule has 0 amide bonds. The topological polar surface area (TPSA) is 81.0 Å². The zero-order valence-electron chi connectivity index (χ0n) is 12.0. The molecule has 0 bridgehead atoms. The molecular formula is C13H17N5O2S. The molecule has 21 heavy (non-hydrogen) atoms. The maximum Gasteiger partial charge on any atom is 0.246 e. The first-order chi connectivity index (χ1) is 9.91. The Morgan fingerprint density at radius 1 is 1.33 bits per heavy atom. The summed E-state index contributed by atoms with van der Waals surface area (Å²) in [5.41, 5.74) is 2.85. The second-order valence-electron chi connectivity index (χ2n) is 5.39. The lowest BCUT2D eigenvalue weighted by atomic mass is 10.1.